The van der Waals surface area contributed by atoms with Gasteiger partial charge in [0.05, 0.1) is 17.6 Å². The topological polar surface area (TPSA) is 58.8 Å². The maximum Gasteiger partial charge on any atom is 0.251 e. The van der Waals surface area contributed by atoms with Crippen LogP contribution in [0.15, 0.2) is 24.3 Å². The molecule has 0 amide bonds. The molecule has 0 aliphatic carbocycles. The predicted octanol–water partition coefficient (Wildman–Crippen LogP) is 1.90. The van der Waals surface area contributed by atoms with Gasteiger partial charge in [0.15, 0.2) is 0 Å². The van der Waals surface area contributed by atoms with E-state index < -0.39 is 0 Å². The number of fused-ring (bicyclic) bond motifs is 1. The number of nitriles is 1. The van der Waals surface area contributed by atoms with E-state index in [9.17, 15) is 0 Å². The molecule has 0 spiro atoms. The molecule has 0 unspecified atom stereocenters. The highest BCUT2D eigenvalue weighted by Gasteiger charge is 2.08. The van der Waals surface area contributed by atoms with Gasteiger partial charge in [-0.25, -0.2) is 9.97 Å². The summed E-state index contributed by atoms with van der Waals surface area (Å²) in [4.78, 5) is 8.39. The molecule has 0 bridgehead atoms. The lowest BCUT2D eigenvalue weighted by Crippen LogP contribution is -2.00. The number of benzene rings is 1. The Labute approximate surface area is 87.2 Å². The summed E-state index contributed by atoms with van der Waals surface area (Å²) in [5.74, 6) is 0.304. The third-order valence-corrected chi connectivity index (χ3v) is 1.93. The SMILES string of the molecule is CCOc1nc2ccccc2nc1C#N. The zero-order valence-electron chi connectivity index (χ0n) is 8.27. The average molecular weight is 199 g/mol. The van der Waals surface area contributed by atoms with Gasteiger partial charge in [0.2, 0.25) is 5.69 Å². The first-order valence-electron chi connectivity index (χ1n) is 4.65. The third kappa shape index (κ3) is 1.72. The number of hydrogen-bond acceptors (Lipinski definition) is 4. The fraction of sp³-hybridized carbons (Fsp3) is 0.182. The van der Waals surface area contributed by atoms with Crippen molar-refractivity contribution in [1.82, 2.24) is 9.97 Å². The Kier molecular flexibility index (Phi) is 2.46. The molecule has 1 aromatic heterocycles. The normalized spacial score (nSPS) is 9.87. The first kappa shape index (κ1) is 9.41. The highest BCUT2D eigenvalue weighted by Crippen LogP contribution is 2.17. The highest BCUT2D eigenvalue weighted by molar-refractivity contribution is 5.75. The molecular formula is C11H9N3O. The Balaban J connectivity index is 2.65. The van der Waals surface area contributed by atoms with Crippen LogP contribution in [0.1, 0.15) is 12.6 Å². The van der Waals surface area contributed by atoms with E-state index in [1.165, 1.54) is 0 Å². The van der Waals surface area contributed by atoms with Crippen molar-refractivity contribution in [3.63, 3.8) is 0 Å². The first-order valence-corrected chi connectivity index (χ1v) is 4.65. The van der Waals surface area contributed by atoms with Gasteiger partial charge in [0.25, 0.3) is 5.88 Å². The lowest BCUT2D eigenvalue weighted by molar-refractivity contribution is 0.325. The van der Waals surface area contributed by atoms with Crippen LogP contribution >= 0.6 is 0 Å². The van der Waals surface area contributed by atoms with Gasteiger partial charge < -0.3 is 4.74 Å². The molecule has 0 radical (unpaired) electrons. The second kappa shape index (κ2) is 3.93. The summed E-state index contributed by atoms with van der Waals surface area (Å²) < 4.78 is 5.24. The van der Waals surface area contributed by atoms with Gasteiger partial charge in [0, 0.05) is 0 Å². The molecule has 2 rings (SSSR count). The van der Waals surface area contributed by atoms with Gasteiger partial charge in [0.1, 0.15) is 6.07 Å². The van der Waals surface area contributed by atoms with E-state index in [-0.39, 0.29) is 5.69 Å². The van der Waals surface area contributed by atoms with E-state index in [2.05, 4.69) is 9.97 Å². The van der Waals surface area contributed by atoms with Crippen LogP contribution in [0.4, 0.5) is 0 Å². The van der Waals surface area contributed by atoms with Gasteiger partial charge in [-0.1, -0.05) is 12.1 Å². The summed E-state index contributed by atoms with van der Waals surface area (Å²) in [6, 6.07) is 9.36. The van der Waals surface area contributed by atoms with Crippen molar-refractivity contribution in [3.05, 3.63) is 30.0 Å². The first-order chi connectivity index (χ1) is 7.35. The van der Waals surface area contributed by atoms with Crippen molar-refractivity contribution in [1.29, 1.82) is 5.26 Å². The Morgan fingerprint density at radius 1 is 1.27 bits per heavy atom. The number of rotatable bonds is 2. The zero-order chi connectivity index (χ0) is 10.7. The number of ether oxygens (including phenoxy) is 1. The van der Waals surface area contributed by atoms with Crippen LogP contribution in [0.5, 0.6) is 5.88 Å². The fourth-order valence-corrected chi connectivity index (χ4v) is 1.29. The molecule has 0 aliphatic rings. The fourth-order valence-electron chi connectivity index (χ4n) is 1.29. The molecule has 0 saturated carbocycles. The van der Waals surface area contributed by atoms with Gasteiger partial charge >= 0.3 is 0 Å². The van der Waals surface area contributed by atoms with Crippen LogP contribution in [0.25, 0.3) is 11.0 Å². The van der Waals surface area contributed by atoms with Gasteiger partial charge in [-0.2, -0.15) is 5.26 Å². The molecule has 1 aromatic carbocycles. The van der Waals surface area contributed by atoms with Crippen molar-refractivity contribution in [2.24, 2.45) is 0 Å². The van der Waals surface area contributed by atoms with Crippen LogP contribution < -0.4 is 4.74 Å². The molecule has 4 heteroatoms. The summed E-state index contributed by atoms with van der Waals surface area (Å²) in [6.45, 7) is 2.32. The van der Waals surface area contributed by atoms with Crippen LogP contribution in [-0.4, -0.2) is 16.6 Å². The van der Waals surface area contributed by atoms with Crippen molar-refractivity contribution >= 4 is 11.0 Å². The summed E-state index contributed by atoms with van der Waals surface area (Å²) in [7, 11) is 0. The number of hydrogen-bond donors (Lipinski definition) is 0. The van der Waals surface area contributed by atoms with Gasteiger partial charge in [-0.15, -0.1) is 0 Å². The molecule has 0 fully saturated rings. The van der Waals surface area contributed by atoms with Crippen LogP contribution in [-0.2, 0) is 0 Å². The molecule has 4 nitrogen and oxygen atoms in total. The standard InChI is InChI=1S/C11H9N3O/c1-2-15-11-10(7-12)13-8-5-3-4-6-9(8)14-11/h3-6H,2H2,1H3. The van der Waals surface area contributed by atoms with Crippen molar-refractivity contribution in [2.45, 2.75) is 6.92 Å². The van der Waals surface area contributed by atoms with Crippen molar-refractivity contribution in [3.8, 4) is 11.9 Å². The largest absolute Gasteiger partial charge is 0.476 e. The van der Waals surface area contributed by atoms with Crippen molar-refractivity contribution < 1.29 is 4.74 Å². The summed E-state index contributed by atoms with van der Waals surface area (Å²) >= 11 is 0. The maximum absolute atomic E-state index is 8.87. The molecule has 15 heavy (non-hydrogen) atoms. The van der Waals surface area contributed by atoms with Crippen LogP contribution in [0.2, 0.25) is 0 Å². The molecule has 0 aliphatic heterocycles. The summed E-state index contributed by atoms with van der Waals surface area (Å²) in [5.41, 5.74) is 1.67. The Bertz CT molecular complexity index is 531. The minimum absolute atomic E-state index is 0.232. The lowest BCUT2D eigenvalue weighted by atomic mass is 10.3. The lowest BCUT2D eigenvalue weighted by Gasteiger charge is -2.04. The second-order valence-electron chi connectivity index (χ2n) is 2.91. The average Bonchev–Trinajstić information content (AvgIpc) is 2.28. The molecule has 74 valence electrons. The van der Waals surface area contributed by atoms with E-state index in [0.717, 1.165) is 5.52 Å². The molecule has 0 saturated heterocycles. The van der Waals surface area contributed by atoms with E-state index in [1.54, 1.807) is 0 Å². The maximum atomic E-state index is 8.87. The van der Waals surface area contributed by atoms with E-state index in [4.69, 9.17) is 10.00 Å². The Morgan fingerprint density at radius 3 is 2.53 bits per heavy atom. The molecular weight excluding hydrogens is 190 g/mol. The molecule has 0 atom stereocenters. The van der Waals surface area contributed by atoms with Crippen molar-refractivity contribution in [2.75, 3.05) is 6.61 Å². The van der Waals surface area contributed by atoms with Gasteiger partial charge in [-0.3, -0.25) is 0 Å². The monoisotopic (exact) mass is 199 g/mol. The molecule has 1 heterocycles. The Hall–Kier alpha value is -2.15. The summed E-state index contributed by atoms with van der Waals surface area (Å²) in [5, 5.41) is 8.87. The van der Waals surface area contributed by atoms with Crippen LogP contribution in [0, 0.1) is 11.3 Å². The predicted molar refractivity (Wildman–Crippen MR) is 55.4 cm³/mol. The summed E-state index contributed by atoms with van der Waals surface area (Å²) in [6.07, 6.45) is 0. The quantitative estimate of drug-likeness (QED) is 0.741. The second-order valence-corrected chi connectivity index (χ2v) is 2.91. The number of aromatic nitrogens is 2. The van der Waals surface area contributed by atoms with E-state index in [0.29, 0.717) is 18.0 Å². The highest BCUT2D eigenvalue weighted by atomic mass is 16.5. The third-order valence-electron chi connectivity index (χ3n) is 1.93. The smallest absolute Gasteiger partial charge is 0.251 e. The minimum Gasteiger partial charge on any atom is -0.476 e. The Morgan fingerprint density at radius 2 is 1.93 bits per heavy atom. The number of nitrogens with zero attached hydrogens (tertiary/aromatic N) is 3. The zero-order valence-corrected chi connectivity index (χ0v) is 8.27. The number of para-hydroxylation sites is 2. The van der Waals surface area contributed by atoms with Crippen LogP contribution in [0.3, 0.4) is 0 Å². The van der Waals surface area contributed by atoms with E-state index >= 15 is 0 Å². The van der Waals surface area contributed by atoms with Gasteiger partial charge in [-0.05, 0) is 19.1 Å². The molecule has 2 aromatic rings. The minimum atomic E-state index is 0.232. The van der Waals surface area contributed by atoms with E-state index in [1.807, 2.05) is 37.3 Å². The molecule has 0 N–H and O–H groups in total.